The second-order valence-corrected chi connectivity index (χ2v) is 6.53. The van der Waals surface area contributed by atoms with Crippen LogP contribution in [-0.2, 0) is 9.59 Å². The molecule has 1 aromatic rings. The van der Waals surface area contributed by atoms with Gasteiger partial charge in [0.1, 0.15) is 0 Å². The van der Waals surface area contributed by atoms with E-state index in [1.807, 2.05) is 17.0 Å². The molecular weight excluding hydrogens is 360 g/mol. The van der Waals surface area contributed by atoms with Gasteiger partial charge in [-0.15, -0.1) is 0 Å². The Morgan fingerprint density at radius 3 is 2.57 bits per heavy atom. The Labute approximate surface area is 144 Å². The molecule has 0 spiro atoms. The summed E-state index contributed by atoms with van der Waals surface area (Å²) in [7, 11) is 0. The fourth-order valence-electron chi connectivity index (χ4n) is 2.53. The van der Waals surface area contributed by atoms with Gasteiger partial charge in [-0.1, -0.05) is 28.1 Å². The zero-order chi connectivity index (χ0) is 16.7. The van der Waals surface area contributed by atoms with Crippen molar-refractivity contribution in [3.05, 3.63) is 34.3 Å². The number of nitrogens with zero attached hydrogens (tertiary/aromatic N) is 1. The molecule has 0 bridgehead atoms. The van der Waals surface area contributed by atoms with E-state index in [1.54, 1.807) is 12.1 Å². The van der Waals surface area contributed by atoms with Crippen molar-refractivity contribution >= 4 is 33.5 Å². The van der Waals surface area contributed by atoms with Gasteiger partial charge in [-0.05, 0) is 25.0 Å². The first-order chi connectivity index (χ1) is 11.1. The fraction of sp³-hybridized carbons (Fsp3) is 0.471. The van der Waals surface area contributed by atoms with E-state index < -0.39 is 0 Å². The second-order valence-electron chi connectivity index (χ2n) is 5.62. The summed E-state index contributed by atoms with van der Waals surface area (Å²) in [6.07, 6.45) is 2.72. The summed E-state index contributed by atoms with van der Waals surface area (Å²) in [4.78, 5) is 37.0. The van der Waals surface area contributed by atoms with E-state index in [9.17, 15) is 14.4 Å². The van der Waals surface area contributed by atoms with Crippen LogP contribution in [0.25, 0.3) is 0 Å². The normalized spacial score (nSPS) is 14.1. The minimum atomic E-state index is -0.122. The number of halogens is 1. The maximum Gasteiger partial charge on any atom is 0.222 e. The van der Waals surface area contributed by atoms with Crippen LogP contribution in [0, 0.1) is 0 Å². The first-order valence-electron chi connectivity index (χ1n) is 7.89. The number of likely N-dealkylation sites (tertiary alicyclic amines) is 1. The van der Waals surface area contributed by atoms with Gasteiger partial charge < -0.3 is 10.2 Å². The van der Waals surface area contributed by atoms with Gasteiger partial charge in [-0.25, -0.2) is 0 Å². The van der Waals surface area contributed by atoms with Crippen molar-refractivity contribution in [2.75, 3.05) is 19.6 Å². The van der Waals surface area contributed by atoms with Crippen LogP contribution < -0.4 is 5.32 Å². The van der Waals surface area contributed by atoms with Gasteiger partial charge in [0, 0.05) is 48.9 Å². The Kier molecular flexibility index (Phi) is 6.77. The van der Waals surface area contributed by atoms with E-state index >= 15 is 0 Å². The SMILES string of the molecule is O=C(CCC(=O)c1ccc(Br)cc1)NCCCN1CCCC1=O. The first kappa shape index (κ1) is 17.7. The molecule has 1 N–H and O–H groups in total. The highest BCUT2D eigenvalue weighted by molar-refractivity contribution is 9.10. The van der Waals surface area contributed by atoms with Crippen LogP contribution in [-0.4, -0.2) is 42.1 Å². The number of nitrogens with one attached hydrogen (secondary N) is 1. The van der Waals surface area contributed by atoms with E-state index in [4.69, 9.17) is 0 Å². The topological polar surface area (TPSA) is 66.5 Å². The molecule has 0 saturated carbocycles. The average Bonchev–Trinajstić information content (AvgIpc) is 2.95. The van der Waals surface area contributed by atoms with Crippen molar-refractivity contribution in [1.82, 2.24) is 10.2 Å². The number of Topliss-reactive ketones (excluding diaryl/α,β-unsaturated/α-hetero) is 1. The summed E-state index contributed by atoms with van der Waals surface area (Å²) in [5.74, 6) is 0.0509. The van der Waals surface area contributed by atoms with Crippen LogP contribution in [0.1, 0.15) is 42.5 Å². The minimum absolute atomic E-state index is 0.0321. The van der Waals surface area contributed by atoms with Crippen LogP contribution in [0.3, 0.4) is 0 Å². The van der Waals surface area contributed by atoms with Crippen molar-refractivity contribution in [2.45, 2.75) is 32.1 Å². The number of rotatable bonds is 8. The maximum absolute atomic E-state index is 12.0. The highest BCUT2D eigenvalue weighted by atomic mass is 79.9. The summed E-state index contributed by atoms with van der Waals surface area (Å²) >= 11 is 3.32. The molecule has 1 aliphatic rings. The van der Waals surface area contributed by atoms with Gasteiger partial charge >= 0.3 is 0 Å². The van der Waals surface area contributed by atoms with E-state index in [-0.39, 0.29) is 30.4 Å². The van der Waals surface area contributed by atoms with Crippen molar-refractivity contribution in [3.63, 3.8) is 0 Å². The van der Waals surface area contributed by atoms with Crippen molar-refractivity contribution in [2.24, 2.45) is 0 Å². The van der Waals surface area contributed by atoms with Crippen LogP contribution in [0.5, 0.6) is 0 Å². The van der Waals surface area contributed by atoms with Crippen LogP contribution >= 0.6 is 15.9 Å². The van der Waals surface area contributed by atoms with Gasteiger partial charge in [0.2, 0.25) is 11.8 Å². The smallest absolute Gasteiger partial charge is 0.222 e. The Hall–Kier alpha value is -1.69. The molecule has 1 heterocycles. The van der Waals surface area contributed by atoms with Gasteiger partial charge in [0.05, 0.1) is 0 Å². The van der Waals surface area contributed by atoms with Crippen LogP contribution in [0.15, 0.2) is 28.7 Å². The van der Waals surface area contributed by atoms with Gasteiger partial charge in [-0.2, -0.15) is 0 Å². The number of carbonyl (C=O) groups is 3. The lowest BCUT2D eigenvalue weighted by Gasteiger charge is -2.15. The highest BCUT2D eigenvalue weighted by Crippen LogP contribution is 2.12. The molecule has 1 fully saturated rings. The molecule has 2 rings (SSSR count). The number of ketones is 1. The first-order valence-corrected chi connectivity index (χ1v) is 8.69. The third kappa shape index (κ3) is 5.78. The average molecular weight is 381 g/mol. The van der Waals surface area contributed by atoms with Crippen LogP contribution in [0.4, 0.5) is 0 Å². The zero-order valence-corrected chi connectivity index (χ0v) is 14.6. The molecule has 0 atom stereocenters. The van der Waals surface area contributed by atoms with Gasteiger partial charge in [-0.3, -0.25) is 14.4 Å². The third-order valence-corrected chi connectivity index (χ3v) is 4.37. The number of hydrogen-bond acceptors (Lipinski definition) is 3. The molecule has 23 heavy (non-hydrogen) atoms. The van der Waals surface area contributed by atoms with E-state index in [1.165, 1.54) is 0 Å². The minimum Gasteiger partial charge on any atom is -0.356 e. The Balaban J connectivity index is 1.60. The molecule has 0 aliphatic carbocycles. The lowest BCUT2D eigenvalue weighted by Crippen LogP contribution is -2.30. The number of hydrogen-bond donors (Lipinski definition) is 1. The van der Waals surface area contributed by atoms with Gasteiger partial charge in [0.25, 0.3) is 0 Å². The second kappa shape index (κ2) is 8.82. The number of amides is 2. The lowest BCUT2D eigenvalue weighted by atomic mass is 10.1. The summed E-state index contributed by atoms with van der Waals surface area (Å²) in [6, 6.07) is 7.12. The molecule has 6 heteroatoms. The largest absolute Gasteiger partial charge is 0.356 e. The van der Waals surface area contributed by atoms with E-state index in [0.717, 1.165) is 23.9 Å². The Bertz CT molecular complexity index is 572. The molecule has 0 unspecified atom stereocenters. The van der Waals surface area contributed by atoms with E-state index in [2.05, 4.69) is 21.2 Å². The number of carbonyl (C=O) groups excluding carboxylic acids is 3. The lowest BCUT2D eigenvalue weighted by molar-refractivity contribution is -0.127. The standard InChI is InChI=1S/C17H21BrN2O3/c18-14-6-4-13(5-7-14)15(21)8-9-16(22)19-10-2-12-20-11-1-3-17(20)23/h4-7H,1-3,8-12H2,(H,19,22). The van der Waals surface area contributed by atoms with E-state index in [0.29, 0.717) is 25.1 Å². The number of benzene rings is 1. The summed E-state index contributed by atoms with van der Waals surface area (Å²) in [6.45, 7) is 2.06. The predicted octanol–water partition coefficient (Wildman–Crippen LogP) is 2.54. The van der Waals surface area contributed by atoms with Gasteiger partial charge in [0.15, 0.2) is 5.78 Å². The van der Waals surface area contributed by atoms with Crippen molar-refractivity contribution in [3.8, 4) is 0 Å². The summed E-state index contributed by atoms with van der Waals surface area (Å²) in [5, 5.41) is 2.80. The predicted molar refractivity (Wildman–Crippen MR) is 91.1 cm³/mol. The Morgan fingerprint density at radius 1 is 1.17 bits per heavy atom. The quantitative estimate of drug-likeness (QED) is 0.556. The molecule has 1 saturated heterocycles. The van der Waals surface area contributed by atoms with Crippen molar-refractivity contribution in [1.29, 1.82) is 0 Å². The molecule has 124 valence electrons. The summed E-state index contributed by atoms with van der Waals surface area (Å²) < 4.78 is 0.920. The van der Waals surface area contributed by atoms with Crippen LogP contribution in [0.2, 0.25) is 0 Å². The maximum atomic E-state index is 12.0. The zero-order valence-electron chi connectivity index (χ0n) is 13.0. The molecule has 2 amide bonds. The molecular formula is C17H21BrN2O3. The Morgan fingerprint density at radius 2 is 1.91 bits per heavy atom. The monoisotopic (exact) mass is 380 g/mol. The van der Waals surface area contributed by atoms with Crippen molar-refractivity contribution < 1.29 is 14.4 Å². The summed E-state index contributed by atoms with van der Waals surface area (Å²) in [5.41, 5.74) is 0.619. The fourth-order valence-corrected chi connectivity index (χ4v) is 2.80. The molecule has 1 aromatic carbocycles. The molecule has 0 aromatic heterocycles. The molecule has 1 aliphatic heterocycles. The molecule has 0 radical (unpaired) electrons. The molecule has 5 nitrogen and oxygen atoms in total. The third-order valence-electron chi connectivity index (χ3n) is 3.84. The highest BCUT2D eigenvalue weighted by Gasteiger charge is 2.19.